The van der Waals surface area contributed by atoms with Crippen LogP contribution in [-0.4, -0.2) is 11.5 Å². The van der Waals surface area contributed by atoms with Gasteiger partial charge in [-0.1, -0.05) is 36.7 Å². The summed E-state index contributed by atoms with van der Waals surface area (Å²) in [7, 11) is 0. The second-order valence-electron chi connectivity index (χ2n) is 4.25. The number of halogens is 1. The van der Waals surface area contributed by atoms with Crippen LogP contribution in [0.25, 0.3) is 0 Å². The Bertz CT molecular complexity index is 511. The van der Waals surface area contributed by atoms with E-state index in [1.165, 1.54) is 0 Å². The fourth-order valence-corrected chi connectivity index (χ4v) is 2.12. The number of hydrogen-bond donors (Lipinski definition) is 1. The molecular formula is C15H17ClN2. The average Bonchev–Trinajstić information content (AvgIpc) is 2.40. The van der Waals surface area contributed by atoms with Crippen molar-refractivity contribution in [3.8, 4) is 0 Å². The summed E-state index contributed by atoms with van der Waals surface area (Å²) in [5.41, 5.74) is 3.25. The van der Waals surface area contributed by atoms with Crippen molar-refractivity contribution in [1.82, 2.24) is 10.3 Å². The Morgan fingerprint density at radius 3 is 2.72 bits per heavy atom. The highest BCUT2D eigenvalue weighted by Gasteiger charge is 2.14. The van der Waals surface area contributed by atoms with Crippen molar-refractivity contribution in [1.29, 1.82) is 0 Å². The largest absolute Gasteiger partial charge is 0.305 e. The van der Waals surface area contributed by atoms with E-state index in [1.807, 2.05) is 43.5 Å². The van der Waals surface area contributed by atoms with Gasteiger partial charge in [0.1, 0.15) is 0 Å². The zero-order valence-electron chi connectivity index (χ0n) is 10.7. The smallest absolute Gasteiger partial charge is 0.0751 e. The van der Waals surface area contributed by atoms with Crippen LogP contribution in [0, 0.1) is 6.92 Å². The fraction of sp³-hybridized carbons (Fsp3) is 0.267. The predicted octanol–water partition coefficient (Wildman–Crippen LogP) is 3.74. The number of aryl methyl sites for hydroxylation is 1. The van der Waals surface area contributed by atoms with E-state index in [0.29, 0.717) is 0 Å². The minimum Gasteiger partial charge on any atom is -0.305 e. The monoisotopic (exact) mass is 260 g/mol. The van der Waals surface area contributed by atoms with Crippen LogP contribution in [0.5, 0.6) is 0 Å². The summed E-state index contributed by atoms with van der Waals surface area (Å²) >= 11 is 6.20. The molecule has 1 aromatic heterocycles. The second kappa shape index (κ2) is 5.98. The molecule has 1 unspecified atom stereocenters. The van der Waals surface area contributed by atoms with Crippen molar-refractivity contribution in [3.05, 3.63) is 64.4 Å². The first-order valence-corrected chi connectivity index (χ1v) is 6.50. The van der Waals surface area contributed by atoms with Crippen molar-refractivity contribution in [2.24, 2.45) is 0 Å². The molecule has 0 aliphatic carbocycles. The first kappa shape index (κ1) is 13.1. The molecule has 2 rings (SSSR count). The Labute approximate surface area is 113 Å². The van der Waals surface area contributed by atoms with Gasteiger partial charge in [-0.2, -0.15) is 0 Å². The van der Waals surface area contributed by atoms with E-state index in [2.05, 4.69) is 23.3 Å². The van der Waals surface area contributed by atoms with Crippen LogP contribution in [0.15, 0.2) is 42.6 Å². The van der Waals surface area contributed by atoms with E-state index < -0.39 is 0 Å². The second-order valence-corrected chi connectivity index (χ2v) is 4.66. The number of pyridine rings is 1. The van der Waals surface area contributed by atoms with Gasteiger partial charge in [-0.15, -0.1) is 0 Å². The van der Waals surface area contributed by atoms with Gasteiger partial charge in [0.25, 0.3) is 0 Å². The minimum atomic E-state index is 0.0919. The quantitative estimate of drug-likeness (QED) is 0.906. The van der Waals surface area contributed by atoms with Gasteiger partial charge in [-0.3, -0.25) is 4.98 Å². The summed E-state index contributed by atoms with van der Waals surface area (Å²) in [4.78, 5) is 4.42. The topological polar surface area (TPSA) is 24.9 Å². The van der Waals surface area contributed by atoms with Crippen molar-refractivity contribution in [3.63, 3.8) is 0 Å². The standard InChI is InChI=1S/C15H17ClN2/c1-3-17-15(14-6-4-5-9-18-14)12-8-7-11(2)13(16)10-12/h4-10,15,17H,3H2,1-2H3. The lowest BCUT2D eigenvalue weighted by Gasteiger charge is -2.18. The first-order valence-electron chi connectivity index (χ1n) is 6.12. The highest BCUT2D eigenvalue weighted by atomic mass is 35.5. The van der Waals surface area contributed by atoms with Crippen LogP contribution in [-0.2, 0) is 0 Å². The average molecular weight is 261 g/mol. The van der Waals surface area contributed by atoms with Crippen molar-refractivity contribution in [2.75, 3.05) is 6.54 Å². The molecule has 0 bridgehead atoms. The van der Waals surface area contributed by atoms with Gasteiger partial charge >= 0.3 is 0 Å². The summed E-state index contributed by atoms with van der Waals surface area (Å²) in [5, 5.41) is 4.24. The van der Waals surface area contributed by atoms with Gasteiger partial charge in [0.2, 0.25) is 0 Å². The molecule has 2 nitrogen and oxygen atoms in total. The zero-order valence-corrected chi connectivity index (χ0v) is 11.4. The Hall–Kier alpha value is -1.38. The van der Waals surface area contributed by atoms with Gasteiger partial charge in [0, 0.05) is 11.2 Å². The molecule has 0 saturated carbocycles. The van der Waals surface area contributed by atoms with E-state index in [1.54, 1.807) is 0 Å². The number of hydrogen-bond acceptors (Lipinski definition) is 2. The number of nitrogens with zero attached hydrogens (tertiary/aromatic N) is 1. The van der Waals surface area contributed by atoms with Crippen LogP contribution in [0.1, 0.15) is 29.8 Å². The number of benzene rings is 1. The normalized spacial score (nSPS) is 12.4. The van der Waals surface area contributed by atoms with E-state index in [4.69, 9.17) is 11.6 Å². The molecule has 0 saturated heterocycles. The Morgan fingerprint density at radius 1 is 1.28 bits per heavy atom. The molecule has 18 heavy (non-hydrogen) atoms. The highest BCUT2D eigenvalue weighted by Crippen LogP contribution is 2.25. The molecule has 0 amide bonds. The molecule has 1 N–H and O–H groups in total. The third-order valence-corrected chi connectivity index (χ3v) is 3.33. The van der Waals surface area contributed by atoms with Crippen LogP contribution < -0.4 is 5.32 Å². The van der Waals surface area contributed by atoms with E-state index in [9.17, 15) is 0 Å². The highest BCUT2D eigenvalue weighted by molar-refractivity contribution is 6.31. The molecule has 0 aliphatic heterocycles. The third kappa shape index (κ3) is 2.89. The van der Waals surface area contributed by atoms with E-state index in [-0.39, 0.29) is 6.04 Å². The molecule has 94 valence electrons. The van der Waals surface area contributed by atoms with Crippen LogP contribution in [0.2, 0.25) is 5.02 Å². The first-order chi connectivity index (χ1) is 8.72. The fourth-order valence-electron chi connectivity index (χ4n) is 1.93. The molecule has 0 aliphatic rings. The number of nitrogens with one attached hydrogen (secondary N) is 1. The minimum absolute atomic E-state index is 0.0919. The van der Waals surface area contributed by atoms with E-state index in [0.717, 1.165) is 28.4 Å². The maximum absolute atomic E-state index is 6.20. The van der Waals surface area contributed by atoms with Gasteiger partial charge in [0.05, 0.1) is 11.7 Å². The van der Waals surface area contributed by atoms with Crippen molar-refractivity contribution >= 4 is 11.6 Å². The maximum atomic E-state index is 6.20. The summed E-state index contributed by atoms with van der Waals surface area (Å²) in [5.74, 6) is 0. The van der Waals surface area contributed by atoms with Gasteiger partial charge in [-0.25, -0.2) is 0 Å². The Balaban J connectivity index is 2.38. The lowest BCUT2D eigenvalue weighted by Crippen LogP contribution is -2.22. The SMILES string of the molecule is CCNC(c1ccc(C)c(Cl)c1)c1ccccn1. The van der Waals surface area contributed by atoms with Crippen LogP contribution in [0.3, 0.4) is 0 Å². The lowest BCUT2D eigenvalue weighted by atomic mass is 10.0. The molecule has 1 atom stereocenters. The zero-order chi connectivity index (χ0) is 13.0. The summed E-state index contributed by atoms with van der Waals surface area (Å²) in [6.07, 6.45) is 1.81. The van der Waals surface area contributed by atoms with Gasteiger partial charge in [0.15, 0.2) is 0 Å². The summed E-state index contributed by atoms with van der Waals surface area (Å²) in [6.45, 7) is 4.98. The molecule has 0 spiro atoms. The Morgan fingerprint density at radius 2 is 2.11 bits per heavy atom. The predicted molar refractivity (Wildman–Crippen MR) is 75.9 cm³/mol. The summed E-state index contributed by atoms with van der Waals surface area (Å²) in [6, 6.07) is 12.2. The summed E-state index contributed by atoms with van der Waals surface area (Å²) < 4.78 is 0. The maximum Gasteiger partial charge on any atom is 0.0751 e. The van der Waals surface area contributed by atoms with Gasteiger partial charge < -0.3 is 5.32 Å². The van der Waals surface area contributed by atoms with E-state index >= 15 is 0 Å². The number of rotatable bonds is 4. The molecular weight excluding hydrogens is 244 g/mol. The molecule has 0 radical (unpaired) electrons. The molecule has 3 heteroatoms. The number of aromatic nitrogens is 1. The molecule has 2 aromatic rings. The third-order valence-electron chi connectivity index (χ3n) is 2.92. The van der Waals surface area contributed by atoms with Crippen LogP contribution >= 0.6 is 11.6 Å². The van der Waals surface area contributed by atoms with Gasteiger partial charge in [-0.05, 0) is 42.8 Å². The van der Waals surface area contributed by atoms with Crippen molar-refractivity contribution < 1.29 is 0 Å². The molecule has 0 fully saturated rings. The van der Waals surface area contributed by atoms with Crippen LogP contribution in [0.4, 0.5) is 0 Å². The van der Waals surface area contributed by atoms with Crippen molar-refractivity contribution in [2.45, 2.75) is 19.9 Å². The molecule has 1 heterocycles. The molecule has 1 aromatic carbocycles. The lowest BCUT2D eigenvalue weighted by molar-refractivity contribution is 0.615. The Kier molecular flexibility index (Phi) is 4.34.